The number of rotatable bonds is 3. The molecule has 0 aromatic carbocycles. The van der Waals surface area contributed by atoms with Gasteiger partial charge in [-0.2, -0.15) is 0 Å². The lowest BCUT2D eigenvalue weighted by molar-refractivity contribution is 0.377. The lowest BCUT2D eigenvalue weighted by atomic mass is 9.72. The molecule has 0 aromatic rings. The molecule has 0 saturated heterocycles. The van der Waals surface area contributed by atoms with E-state index in [0.29, 0.717) is 12.0 Å². The van der Waals surface area contributed by atoms with Crippen LogP contribution >= 0.6 is 0 Å². The molecule has 0 heterocycles. The molecule has 0 saturated carbocycles. The Balaban J connectivity index is 2.18. The van der Waals surface area contributed by atoms with E-state index in [-0.39, 0.29) is 0 Å². The van der Waals surface area contributed by atoms with E-state index in [1.807, 2.05) is 0 Å². The van der Waals surface area contributed by atoms with Crippen molar-refractivity contribution in [3.63, 3.8) is 0 Å². The van der Waals surface area contributed by atoms with Gasteiger partial charge in [0.05, 0.1) is 0 Å². The Kier molecular flexibility index (Phi) is 5.63. The topological polar surface area (TPSA) is 26.0 Å². The predicted molar refractivity (Wildman–Crippen MR) is 97.7 cm³/mol. The van der Waals surface area contributed by atoms with Crippen molar-refractivity contribution in [1.82, 2.24) is 0 Å². The minimum atomic E-state index is 0.323. The molecule has 1 nitrogen and oxygen atoms in total. The number of allylic oxidation sites excluding steroid dienone is 9. The van der Waals surface area contributed by atoms with Crippen LogP contribution in [-0.4, -0.2) is 6.54 Å². The predicted octanol–water partition coefficient (Wildman–Crippen LogP) is 5.62. The van der Waals surface area contributed by atoms with Crippen LogP contribution in [0.15, 0.2) is 58.2 Å². The Morgan fingerprint density at radius 3 is 2.59 bits per heavy atom. The van der Waals surface area contributed by atoms with Gasteiger partial charge in [0.2, 0.25) is 0 Å². The first-order valence-corrected chi connectivity index (χ1v) is 8.59. The van der Waals surface area contributed by atoms with Crippen molar-refractivity contribution in [3.8, 4) is 0 Å². The van der Waals surface area contributed by atoms with Gasteiger partial charge in [-0.15, -0.1) is 0 Å². The van der Waals surface area contributed by atoms with E-state index >= 15 is 0 Å². The maximum Gasteiger partial charge on any atom is 0.0112 e. The van der Waals surface area contributed by atoms with Crippen molar-refractivity contribution in [2.45, 2.75) is 59.8 Å². The van der Waals surface area contributed by atoms with Crippen molar-refractivity contribution in [3.05, 3.63) is 58.2 Å². The quantitative estimate of drug-likeness (QED) is 0.718. The van der Waals surface area contributed by atoms with Crippen LogP contribution in [-0.2, 0) is 0 Å². The largest absolute Gasteiger partial charge is 0.327 e. The van der Waals surface area contributed by atoms with E-state index < -0.39 is 0 Å². The van der Waals surface area contributed by atoms with Crippen LogP contribution in [0.1, 0.15) is 59.8 Å². The maximum atomic E-state index is 5.58. The van der Waals surface area contributed by atoms with E-state index in [2.05, 4.69) is 58.1 Å². The molecule has 0 aromatic heterocycles. The highest BCUT2D eigenvalue weighted by Gasteiger charge is 2.26. The molecule has 2 aliphatic carbocycles. The summed E-state index contributed by atoms with van der Waals surface area (Å²) >= 11 is 0. The molecule has 0 bridgehead atoms. The Bertz CT molecular complexity index is 565. The van der Waals surface area contributed by atoms with Gasteiger partial charge >= 0.3 is 0 Å². The van der Waals surface area contributed by atoms with E-state index in [0.717, 1.165) is 12.8 Å². The molecular formula is C21H31N. The molecule has 0 spiro atoms. The Morgan fingerprint density at radius 2 is 2.00 bits per heavy atom. The molecule has 1 heteroatoms. The Labute approximate surface area is 136 Å². The minimum Gasteiger partial charge on any atom is -0.327 e. The highest BCUT2D eigenvalue weighted by atomic mass is 14.5. The van der Waals surface area contributed by atoms with E-state index in [1.165, 1.54) is 36.0 Å². The van der Waals surface area contributed by atoms with Crippen LogP contribution in [0.4, 0.5) is 0 Å². The van der Waals surface area contributed by atoms with Crippen molar-refractivity contribution >= 4 is 0 Å². The average Bonchev–Trinajstić information content (AvgIpc) is 2.47. The summed E-state index contributed by atoms with van der Waals surface area (Å²) in [5, 5.41) is 0. The molecule has 0 amide bonds. The monoisotopic (exact) mass is 297 g/mol. The molecule has 0 atom stereocenters. The van der Waals surface area contributed by atoms with E-state index in [9.17, 15) is 0 Å². The van der Waals surface area contributed by atoms with E-state index in [4.69, 9.17) is 5.73 Å². The van der Waals surface area contributed by atoms with Crippen LogP contribution in [0.5, 0.6) is 0 Å². The summed E-state index contributed by atoms with van der Waals surface area (Å²) in [6, 6.07) is 0. The fraction of sp³-hybridized carbons (Fsp3) is 0.524. The molecule has 2 N–H and O–H groups in total. The number of nitrogens with two attached hydrogens (primary N) is 1. The SMILES string of the molecule is CC(C=CC1=C(C)CCCC1(C)C)=C1C=CC(=CCN)CC1. The first-order chi connectivity index (χ1) is 10.4. The third-order valence-electron chi connectivity index (χ3n) is 5.11. The maximum absolute atomic E-state index is 5.58. The third-order valence-corrected chi connectivity index (χ3v) is 5.11. The van der Waals surface area contributed by atoms with Crippen molar-refractivity contribution in [2.24, 2.45) is 11.1 Å². The van der Waals surface area contributed by atoms with Crippen LogP contribution in [0, 0.1) is 5.41 Å². The van der Waals surface area contributed by atoms with E-state index in [1.54, 1.807) is 11.1 Å². The van der Waals surface area contributed by atoms with Gasteiger partial charge in [0.1, 0.15) is 0 Å². The summed E-state index contributed by atoms with van der Waals surface area (Å²) < 4.78 is 0. The summed E-state index contributed by atoms with van der Waals surface area (Å²) in [6.45, 7) is 9.93. The molecule has 0 radical (unpaired) electrons. The summed E-state index contributed by atoms with van der Waals surface area (Å²) in [5.74, 6) is 0. The zero-order valence-electron chi connectivity index (χ0n) is 14.7. The molecule has 0 aliphatic heterocycles. The molecule has 120 valence electrons. The van der Waals surface area contributed by atoms with Gasteiger partial charge in [-0.05, 0) is 68.1 Å². The van der Waals surface area contributed by atoms with Crippen molar-refractivity contribution in [2.75, 3.05) is 6.54 Å². The van der Waals surface area contributed by atoms with Gasteiger partial charge in [0.25, 0.3) is 0 Å². The number of hydrogen-bond acceptors (Lipinski definition) is 1. The highest BCUT2D eigenvalue weighted by molar-refractivity contribution is 5.42. The van der Waals surface area contributed by atoms with Crippen LogP contribution in [0.2, 0.25) is 0 Å². The van der Waals surface area contributed by atoms with Gasteiger partial charge in [-0.3, -0.25) is 0 Å². The smallest absolute Gasteiger partial charge is 0.0112 e. The standard InChI is InChI=1S/C21H31N/c1-16(19-10-8-18(9-11-19)13-15-22)7-12-20-17(2)6-5-14-21(20,3)4/h7-8,10,12-13H,5-6,9,11,14-15,22H2,1-4H3. The molecule has 2 rings (SSSR count). The van der Waals surface area contributed by atoms with Gasteiger partial charge in [0, 0.05) is 6.54 Å². The molecular weight excluding hydrogens is 266 g/mol. The van der Waals surface area contributed by atoms with Gasteiger partial charge in [-0.25, -0.2) is 0 Å². The molecule has 0 fully saturated rings. The van der Waals surface area contributed by atoms with Crippen molar-refractivity contribution in [1.29, 1.82) is 0 Å². The Hall–Kier alpha value is -1.34. The fourth-order valence-electron chi connectivity index (χ4n) is 3.63. The van der Waals surface area contributed by atoms with Gasteiger partial charge in [0.15, 0.2) is 0 Å². The fourth-order valence-corrected chi connectivity index (χ4v) is 3.63. The summed E-state index contributed by atoms with van der Waals surface area (Å²) in [5.41, 5.74) is 13.2. The minimum absolute atomic E-state index is 0.323. The summed E-state index contributed by atoms with van der Waals surface area (Å²) in [6.07, 6.45) is 17.4. The second kappa shape index (κ2) is 7.28. The molecule has 2 aliphatic rings. The third kappa shape index (κ3) is 4.10. The van der Waals surface area contributed by atoms with Gasteiger partial charge < -0.3 is 5.73 Å². The first kappa shape index (κ1) is 17.0. The normalized spacial score (nSPS) is 26.1. The summed E-state index contributed by atoms with van der Waals surface area (Å²) in [7, 11) is 0. The zero-order chi connectivity index (χ0) is 16.2. The van der Waals surface area contributed by atoms with Crippen LogP contribution in [0.25, 0.3) is 0 Å². The molecule has 22 heavy (non-hydrogen) atoms. The van der Waals surface area contributed by atoms with Crippen molar-refractivity contribution < 1.29 is 0 Å². The zero-order valence-corrected chi connectivity index (χ0v) is 14.7. The average molecular weight is 297 g/mol. The second-order valence-corrected chi connectivity index (χ2v) is 7.32. The van der Waals surface area contributed by atoms with Gasteiger partial charge in [-0.1, -0.05) is 55.4 Å². The second-order valence-electron chi connectivity index (χ2n) is 7.32. The Morgan fingerprint density at radius 1 is 1.23 bits per heavy atom. The molecule has 0 unspecified atom stereocenters. The lowest BCUT2D eigenvalue weighted by Gasteiger charge is -2.33. The number of hydrogen-bond donors (Lipinski definition) is 1. The summed E-state index contributed by atoms with van der Waals surface area (Å²) in [4.78, 5) is 0. The lowest BCUT2D eigenvalue weighted by Crippen LogP contribution is -2.19. The van der Waals surface area contributed by atoms with Crippen LogP contribution in [0.3, 0.4) is 0 Å². The van der Waals surface area contributed by atoms with Crippen LogP contribution < -0.4 is 5.73 Å². The highest BCUT2D eigenvalue weighted by Crippen LogP contribution is 2.41. The first-order valence-electron chi connectivity index (χ1n) is 8.59.